The molecule has 1 aliphatic rings. The quantitative estimate of drug-likeness (QED) is 0.390. The van der Waals surface area contributed by atoms with Crippen molar-refractivity contribution in [1.82, 2.24) is 0 Å². The van der Waals surface area contributed by atoms with Gasteiger partial charge in [-0.25, -0.2) is 0 Å². The van der Waals surface area contributed by atoms with Crippen molar-refractivity contribution in [3.63, 3.8) is 0 Å². The Balaban J connectivity index is 2.35. The van der Waals surface area contributed by atoms with E-state index in [-0.39, 0.29) is 21.0 Å². The van der Waals surface area contributed by atoms with Crippen molar-refractivity contribution in [2.75, 3.05) is 0 Å². The highest BCUT2D eigenvalue weighted by Gasteiger charge is 2.05. The summed E-state index contributed by atoms with van der Waals surface area (Å²) in [5, 5.41) is 0. The van der Waals surface area contributed by atoms with Crippen LogP contribution >= 0.6 is 43.9 Å². The monoisotopic (exact) mass is 349 g/mol. The van der Waals surface area contributed by atoms with Gasteiger partial charge in [0, 0.05) is 25.0 Å². The van der Waals surface area contributed by atoms with Gasteiger partial charge in [0.25, 0.3) is 0 Å². The Morgan fingerprint density at radius 1 is 1.56 bits per heavy atom. The third kappa shape index (κ3) is 3.06. The van der Waals surface area contributed by atoms with E-state index < -0.39 is 0 Å². The first-order valence-electron chi connectivity index (χ1n) is 3.02. The number of nitrogens with zero attached hydrogens (tertiary/aromatic N) is 1. The molecule has 9 heavy (non-hydrogen) atoms. The average molecular weight is 349 g/mol. The lowest BCUT2D eigenvalue weighted by molar-refractivity contribution is 0.771. The second-order valence-corrected chi connectivity index (χ2v) is 7.17. The SMILES string of the molecule is IN=IC1CC=CCC1. The second-order valence-electron chi connectivity index (χ2n) is 2.04. The maximum atomic E-state index is 4.21. The van der Waals surface area contributed by atoms with E-state index in [0.29, 0.717) is 0 Å². The van der Waals surface area contributed by atoms with E-state index in [0.717, 1.165) is 3.92 Å². The summed E-state index contributed by atoms with van der Waals surface area (Å²) in [6.45, 7) is 0. The van der Waals surface area contributed by atoms with Gasteiger partial charge in [-0.05, 0) is 19.3 Å². The number of alkyl halides is 1. The van der Waals surface area contributed by atoms with Crippen molar-refractivity contribution in [3.05, 3.63) is 12.2 Å². The Labute approximate surface area is 79.9 Å². The van der Waals surface area contributed by atoms with Crippen LogP contribution < -0.4 is 0 Å². The molecule has 0 saturated carbocycles. The standard InChI is InChI=1S/C6H9I2N/c7-9-8-6-4-2-1-3-5-6/h1-2,6H,3-5H2. The van der Waals surface area contributed by atoms with Crippen molar-refractivity contribution >= 4 is 43.9 Å². The predicted octanol–water partition coefficient (Wildman–Crippen LogP) is 3.60. The summed E-state index contributed by atoms with van der Waals surface area (Å²) in [5.41, 5.74) is 0. The maximum absolute atomic E-state index is 4.21. The molecule has 0 radical (unpaired) electrons. The van der Waals surface area contributed by atoms with Gasteiger partial charge in [-0.2, -0.15) is 1.36 Å². The summed E-state index contributed by atoms with van der Waals surface area (Å²) >= 11 is 2.31. The maximum Gasteiger partial charge on any atom is 0.0900 e. The van der Waals surface area contributed by atoms with E-state index in [1.807, 2.05) is 0 Å². The molecule has 1 aliphatic carbocycles. The Kier molecular flexibility index (Phi) is 4.28. The first kappa shape index (κ1) is 8.10. The van der Waals surface area contributed by atoms with Crippen LogP contribution in [0.3, 0.4) is 0 Å². The van der Waals surface area contributed by atoms with Crippen LogP contribution in [-0.2, 0) is 0 Å². The van der Waals surface area contributed by atoms with Crippen LogP contribution in [0.4, 0.5) is 0 Å². The van der Waals surface area contributed by atoms with E-state index in [1.54, 1.807) is 0 Å². The van der Waals surface area contributed by atoms with Gasteiger partial charge >= 0.3 is 0 Å². The number of allylic oxidation sites excluding steroid dienone is 2. The van der Waals surface area contributed by atoms with Crippen molar-refractivity contribution in [2.45, 2.75) is 23.2 Å². The fourth-order valence-corrected chi connectivity index (χ4v) is 4.35. The Morgan fingerprint density at radius 3 is 3.00 bits per heavy atom. The molecule has 0 amide bonds. The molecular formula is C6H9I2N. The molecule has 0 fully saturated rings. The number of rotatable bonds is 1. The molecule has 0 aliphatic heterocycles. The predicted molar refractivity (Wildman–Crippen MR) is 57.2 cm³/mol. The zero-order valence-electron chi connectivity index (χ0n) is 5.06. The first-order valence-corrected chi connectivity index (χ1v) is 6.20. The van der Waals surface area contributed by atoms with Gasteiger partial charge in [-0.1, -0.05) is 12.2 Å². The largest absolute Gasteiger partial charge is 0.193 e. The van der Waals surface area contributed by atoms with Gasteiger partial charge < -0.3 is 0 Å². The highest BCUT2D eigenvalue weighted by Crippen LogP contribution is 2.25. The first-order chi connectivity index (χ1) is 4.43. The molecule has 1 nitrogen and oxygen atoms in total. The fraction of sp³-hybridized carbons (Fsp3) is 0.667. The molecular weight excluding hydrogens is 340 g/mol. The molecule has 0 aromatic rings. The third-order valence-electron chi connectivity index (χ3n) is 1.38. The minimum absolute atomic E-state index is 0.167. The smallest absolute Gasteiger partial charge is 0.0900 e. The number of hydrogen-bond donors (Lipinski definition) is 0. The molecule has 1 atom stereocenters. The fourth-order valence-electron chi connectivity index (χ4n) is 0.897. The average Bonchev–Trinajstić information content (AvgIpc) is 1.91. The normalized spacial score (nSPS) is 28.3. The molecule has 0 aromatic heterocycles. The zero-order valence-corrected chi connectivity index (χ0v) is 9.37. The van der Waals surface area contributed by atoms with Crippen LogP contribution in [0.1, 0.15) is 19.3 Å². The molecule has 0 spiro atoms. The van der Waals surface area contributed by atoms with Crippen molar-refractivity contribution in [1.29, 1.82) is 0 Å². The molecule has 0 N–H and O–H groups in total. The lowest BCUT2D eigenvalue weighted by atomic mass is 10.1. The van der Waals surface area contributed by atoms with Gasteiger partial charge in [0.2, 0.25) is 0 Å². The van der Waals surface area contributed by atoms with Crippen LogP contribution in [0.5, 0.6) is 0 Å². The molecule has 52 valence electrons. The summed E-state index contributed by atoms with van der Waals surface area (Å²) < 4.78 is 5.16. The van der Waals surface area contributed by atoms with Gasteiger partial charge in [0.15, 0.2) is 0 Å². The summed E-state index contributed by atoms with van der Waals surface area (Å²) in [4.78, 5) is 0. The van der Waals surface area contributed by atoms with Gasteiger partial charge in [0.05, 0.1) is 22.9 Å². The van der Waals surface area contributed by atoms with E-state index in [9.17, 15) is 0 Å². The summed E-state index contributed by atoms with van der Waals surface area (Å²) in [6, 6.07) is 0. The minimum atomic E-state index is 0.167. The zero-order chi connectivity index (χ0) is 6.53. The molecule has 0 aromatic carbocycles. The van der Waals surface area contributed by atoms with Crippen molar-refractivity contribution < 1.29 is 0 Å². The van der Waals surface area contributed by atoms with Gasteiger partial charge in [-0.3, -0.25) is 0 Å². The van der Waals surface area contributed by atoms with E-state index in [1.165, 1.54) is 19.3 Å². The lowest BCUT2D eigenvalue weighted by Crippen LogP contribution is -1.98. The number of halogens is 2. The van der Waals surface area contributed by atoms with Gasteiger partial charge in [0.1, 0.15) is 0 Å². The highest BCUT2D eigenvalue weighted by molar-refractivity contribution is 14.2. The highest BCUT2D eigenvalue weighted by atomic mass is 127. The topological polar surface area (TPSA) is 12.4 Å². The van der Waals surface area contributed by atoms with Crippen molar-refractivity contribution in [3.8, 4) is 0 Å². The van der Waals surface area contributed by atoms with Crippen LogP contribution in [0.25, 0.3) is 0 Å². The van der Waals surface area contributed by atoms with E-state index >= 15 is 0 Å². The van der Waals surface area contributed by atoms with Crippen molar-refractivity contribution in [2.24, 2.45) is 1.36 Å². The second kappa shape index (κ2) is 4.76. The van der Waals surface area contributed by atoms with E-state index in [2.05, 4.69) is 36.4 Å². The van der Waals surface area contributed by atoms with Gasteiger partial charge in [-0.15, -0.1) is 0 Å². The lowest BCUT2D eigenvalue weighted by Gasteiger charge is -2.09. The third-order valence-corrected chi connectivity index (χ3v) is 4.92. The van der Waals surface area contributed by atoms with Crippen LogP contribution in [0, 0.1) is 0 Å². The summed E-state index contributed by atoms with van der Waals surface area (Å²) in [5.74, 6) is 0. The summed E-state index contributed by atoms with van der Waals surface area (Å²) in [6.07, 6.45) is 8.55. The Bertz CT molecular complexity index is 131. The molecule has 1 rings (SSSR count). The summed E-state index contributed by atoms with van der Waals surface area (Å²) in [7, 11) is 0. The van der Waals surface area contributed by atoms with E-state index in [4.69, 9.17) is 0 Å². The molecule has 0 heterocycles. The van der Waals surface area contributed by atoms with Crippen LogP contribution in [-0.4, -0.2) is 3.92 Å². The minimum Gasteiger partial charge on any atom is -0.193 e. The molecule has 3 heteroatoms. The van der Waals surface area contributed by atoms with Crippen LogP contribution in [0.15, 0.2) is 13.5 Å². The molecule has 0 saturated heterocycles. The Morgan fingerprint density at radius 2 is 2.44 bits per heavy atom. The molecule has 1 unspecified atom stereocenters. The molecule has 0 bridgehead atoms. The number of hydrogen-bond acceptors (Lipinski definition) is 1. The Hall–Kier alpha value is 1.000. The van der Waals surface area contributed by atoms with Crippen LogP contribution in [0.2, 0.25) is 0 Å².